The fourth-order valence-electron chi connectivity index (χ4n) is 2.92. The molecule has 1 aliphatic rings. The molecule has 1 N–H and O–H groups in total. The average Bonchev–Trinajstić information content (AvgIpc) is 2.47. The van der Waals surface area contributed by atoms with Crippen molar-refractivity contribution in [2.75, 3.05) is 6.54 Å². The molecule has 0 bridgehead atoms. The van der Waals surface area contributed by atoms with E-state index >= 15 is 0 Å². The third-order valence-electron chi connectivity index (χ3n) is 4.36. The summed E-state index contributed by atoms with van der Waals surface area (Å²) in [5.41, 5.74) is 4.01. The van der Waals surface area contributed by atoms with Crippen LogP contribution in [0.15, 0.2) is 42.7 Å². The van der Waals surface area contributed by atoms with E-state index in [4.69, 9.17) is 0 Å². The number of hydrogen-bond acceptors (Lipinski definition) is 3. The Morgan fingerprint density at radius 2 is 2.10 bits per heavy atom. The lowest BCUT2D eigenvalue weighted by atomic mass is 9.79. The predicted molar refractivity (Wildman–Crippen MR) is 85.2 cm³/mol. The first-order valence-corrected chi connectivity index (χ1v) is 7.98. The lowest BCUT2D eigenvalue weighted by Gasteiger charge is -2.27. The Balaban J connectivity index is 1.88. The second-order valence-electron chi connectivity index (χ2n) is 5.86. The van der Waals surface area contributed by atoms with Crippen LogP contribution >= 0.6 is 0 Å². The number of rotatable bonds is 6. The average molecular weight is 281 g/mol. The SMILES string of the molecule is CCCNC(c1ccnnc1)c1cccc(C2CCC2)c1. The third-order valence-corrected chi connectivity index (χ3v) is 4.36. The molecule has 0 spiro atoms. The number of aromatic nitrogens is 2. The van der Waals surface area contributed by atoms with Gasteiger partial charge in [-0.25, -0.2) is 0 Å². The Morgan fingerprint density at radius 1 is 1.19 bits per heavy atom. The lowest BCUT2D eigenvalue weighted by molar-refractivity contribution is 0.419. The summed E-state index contributed by atoms with van der Waals surface area (Å²) < 4.78 is 0. The van der Waals surface area contributed by atoms with Gasteiger partial charge >= 0.3 is 0 Å². The number of nitrogens with one attached hydrogen (secondary N) is 1. The molecule has 1 aliphatic carbocycles. The first-order chi connectivity index (χ1) is 10.4. The van der Waals surface area contributed by atoms with Gasteiger partial charge in [0.05, 0.1) is 12.2 Å². The maximum atomic E-state index is 4.03. The van der Waals surface area contributed by atoms with Crippen LogP contribution in [-0.4, -0.2) is 16.7 Å². The van der Waals surface area contributed by atoms with Crippen LogP contribution in [0, 0.1) is 0 Å². The molecular formula is C18H23N3. The van der Waals surface area contributed by atoms with Gasteiger partial charge in [0.15, 0.2) is 0 Å². The third kappa shape index (κ3) is 3.30. The van der Waals surface area contributed by atoms with E-state index in [0.717, 1.165) is 18.9 Å². The van der Waals surface area contributed by atoms with E-state index in [1.165, 1.54) is 36.0 Å². The predicted octanol–water partition coefficient (Wildman–Crippen LogP) is 3.83. The first kappa shape index (κ1) is 14.2. The van der Waals surface area contributed by atoms with Crippen LogP contribution in [0.2, 0.25) is 0 Å². The van der Waals surface area contributed by atoms with Gasteiger partial charge in [0.2, 0.25) is 0 Å². The van der Waals surface area contributed by atoms with E-state index in [1.807, 2.05) is 6.20 Å². The van der Waals surface area contributed by atoms with Crippen LogP contribution in [0.3, 0.4) is 0 Å². The Hall–Kier alpha value is -1.74. The minimum atomic E-state index is 0.209. The Kier molecular flexibility index (Phi) is 4.61. The highest BCUT2D eigenvalue weighted by atomic mass is 15.1. The highest BCUT2D eigenvalue weighted by Gasteiger charge is 2.21. The van der Waals surface area contributed by atoms with Crippen molar-refractivity contribution < 1.29 is 0 Å². The van der Waals surface area contributed by atoms with Crippen LogP contribution in [0.4, 0.5) is 0 Å². The minimum Gasteiger partial charge on any atom is -0.306 e. The van der Waals surface area contributed by atoms with E-state index in [1.54, 1.807) is 6.20 Å². The van der Waals surface area contributed by atoms with E-state index in [9.17, 15) is 0 Å². The van der Waals surface area contributed by atoms with Crippen molar-refractivity contribution in [2.45, 2.75) is 44.6 Å². The normalized spacial score (nSPS) is 16.4. The standard InChI is InChI=1S/C18H23N3/c1-2-10-19-18(17-9-11-20-21-13-17)16-8-4-7-15(12-16)14-5-3-6-14/h4,7-9,11-14,18-19H,2-3,5-6,10H2,1H3. The van der Waals surface area contributed by atoms with Crippen molar-refractivity contribution in [3.63, 3.8) is 0 Å². The Labute approximate surface area is 126 Å². The molecule has 3 heteroatoms. The summed E-state index contributed by atoms with van der Waals surface area (Å²) in [5.74, 6) is 0.771. The molecule has 21 heavy (non-hydrogen) atoms. The van der Waals surface area contributed by atoms with Gasteiger partial charge in [0.25, 0.3) is 0 Å². The smallest absolute Gasteiger partial charge is 0.0593 e. The lowest BCUT2D eigenvalue weighted by Crippen LogP contribution is -2.23. The van der Waals surface area contributed by atoms with Crippen LogP contribution in [-0.2, 0) is 0 Å². The summed E-state index contributed by atoms with van der Waals surface area (Å²) in [6.45, 7) is 3.19. The van der Waals surface area contributed by atoms with Crippen LogP contribution in [0.5, 0.6) is 0 Å². The molecule has 110 valence electrons. The summed E-state index contributed by atoms with van der Waals surface area (Å²) in [6, 6.07) is 11.3. The fourth-order valence-corrected chi connectivity index (χ4v) is 2.92. The number of nitrogens with zero attached hydrogens (tertiary/aromatic N) is 2. The topological polar surface area (TPSA) is 37.8 Å². The van der Waals surface area contributed by atoms with Gasteiger partial charge in [-0.1, -0.05) is 37.6 Å². The molecule has 0 radical (unpaired) electrons. The minimum absolute atomic E-state index is 0.209. The molecule has 1 unspecified atom stereocenters. The van der Waals surface area contributed by atoms with Crippen molar-refractivity contribution in [2.24, 2.45) is 0 Å². The molecule has 1 fully saturated rings. The molecule has 3 rings (SSSR count). The molecular weight excluding hydrogens is 258 g/mol. The second kappa shape index (κ2) is 6.81. The Bertz CT molecular complexity index is 564. The molecule has 1 aromatic carbocycles. The summed E-state index contributed by atoms with van der Waals surface area (Å²) >= 11 is 0. The van der Waals surface area contributed by atoms with Gasteiger partial charge in [-0.15, -0.1) is 0 Å². The zero-order chi connectivity index (χ0) is 14.5. The molecule has 2 aromatic rings. The zero-order valence-corrected chi connectivity index (χ0v) is 12.6. The van der Waals surface area contributed by atoms with Gasteiger partial charge in [0.1, 0.15) is 0 Å². The highest BCUT2D eigenvalue weighted by molar-refractivity contribution is 5.34. The molecule has 3 nitrogen and oxygen atoms in total. The van der Waals surface area contributed by atoms with E-state index < -0.39 is 0 Å². The molecule has 1 saturated carbocycles. The maximum Gasteiger partial charge on any atom is 0.0593 e. The molecule has 0 saturated heterocycles. The molecule has 0 amide bonds. The zero-order valence-electron chi connectivity index (χ0n) is 12.6. The van der Waals surface area contributed by atoms with Crippen LogP contribution < -0.4 is 5.32 Å². The van der Waals surface area contributed by atoms with Gasteiger partial charge < -0.3 is 5.32 Å². The van der Waals surface area contributed by atoms with Gasteiger partial charge in [-0.3, -0.25) is 0 Å². The Morgan fingerprint density at radius 3 is 2.76 bits per heavy atom. The van der Waals surface area contributed by atoms with Gasteiger partial charge in [0, 0.05) is 6.20 Å². The fraction of sp³-hybridized carbons (Fsp3) is 0.444. The monoisotopic (exact) mass is 281 g/mol. The molecule has 1 atom stereocenters. The maximum absolute atomic E-state index is 4.03. The molecule has 1 heterocycles. The summed E-state index contributed by atoms with van der Waals surface area (Å²) in [5, 5.41) is 11.6. The molecule has 0 aliphatic heterocycles. The van der Waals surface area contributed by atoms with E-state index in [2.05, 4.69) is 52.8 Å². The van der Waals surface area contributed by atoms with Crippen molar-refractivity contribution in [1.29, 1.82) is 0 Å². The van der Waals surface area contributed by atoms with Crippen LogP contribution in [0.1, 0.15) is 61.3 Å². The quantitative estimate of drug-likeness (QED) is 0.874. The number of benzene rings is 1. The van der Waals surface area contributed by atoms with Gasteiger partial charge in [-0.05, 0) is 54.5 Å². The highest BCUT2D eigenvalue weighted by Crippen LogP contribution is 2.37. The summed E-state index contributed by atoms with van der Waals surface area (Å²) in [6.07, 6.45) is 8.81. The van der Waals surface area contributed by atoms with E-state index in [0.29, 0.717) is 0 Å². The largest absolute Gasteiger partial charge is 0.306 e. The molecule has 1 aromatic heterocycles. The van der Waals surface area contributed by atoms with Crippen LogP contribution in [0.25, 0.3) is 0 Å². The first-order valence-electron chi connectivity index (χ1n) is 7.98. The summed E-state index contributed by atoms with van der Waals surface area (Å²) in [7, 11) is 0. The van der Waals surface area contributed by atoms with Crippen molar-refractivity contribution in [3.8, 4) is 0 Å². The van der Waals surface area contributed by atoms with Gasteiger partial charge in [-0.2, -0.15) is 10.2 Å². The van der Waals surface area contributed by atoms with E-state index in [-0.39, 0.29) is 6.04 Å². The number of hydrogen-bond donors (Lipinski definition) is 1. The summed E-state index contributed by atoms with van der Waals surface area (Å²) in [4.78, 5) is 0. The van der Waals surface area contributed by atoms with Crippen molar-refractivity contribution in [3.05, 3.63) is 59.4 Å². The second-order valence-corrected chi connectivity index (χ2v) is 5.86. The van der Waals surface area contributed by atoms with Crippen molar-refractivity contribution in [1.82, 2.24) is 15.5 Å². The van der Waals surface area contributed by atoms with Crippen molar-refractivity contribution >= 4 is 0 Å².